The van der Waals surface area contributed by atoms with Crippen molar-refractivity contribution in [2.45, 2.75) is 6.92 Å². The molecule has 0 saturated heterocycles. The van der Waals surface area contributed by atoms with Crippen molar-refractivity contribution >= 4 is 41.4 Å². The average molecular weight is 444 g/mol. The fourth-order valence-electron chi connectivity index (χ4n) is 3.40. The SMILES string of the molecule is COc1cc2c(cc1OC)C1=NCCN1C(=CC(=O)c1ccc(NC(C)=O)nc1)N2.Cl. The number of anilines is 2. The number of amidine groups is 1. The number of carbonyl (C=O) groups excluding carboxylic acids is 2. The topological polar surface area (TPSA) is 105 Å². The van der Waals surface area contributed by atoms with E-state index in [-0.39, 0.29) is 24.1 Å². The second kappa shape index (κ2) is 9.05. The van der Waals surface area contributed by atoms with Gasteiger partial charge in [-0.1, -0.05) is 0 Å². The summed E-state index contributed by atoms with van der Waals surface area (Å²) in [5.74, 6) is 2.56. The van der Waals surface area contributed by atoms with Gasteiger partial charge in [0.1, 0.15) is 17.5 Å². The van der Waals surface area contributed by atoms with Crippen molar-refractivity contribution in [1.82, 2.24) is 9.88 Å². The van der Waals surface area contributed by atoms with Crippen LogP contribution in [0, 0.1) is 0 Å². The maximum absolute atomic E-state index is 12.8. The van der Waals surface area contributed by atoms with Crippen LogP contribution in [0.5, 0.6) is 11.5 Å². The third-order valence-corrected chi connectivity index (χ3v) is 4.78. The van der Waals surface area contributed by atoms with E-state index < -0.39 is 0 Å². The van der Waals surface area contributed by atoms with Gasteiger partial charge in [-0.3, -0.25) is 14.6 Å². The molecule has 0 fully saturated rings. The van der Waals surface area contributed by atoms with Gasteiger partial charge in [0.2, 0.25) is 5.91 Å². The molecule has 0 aliphatic carbocycles. The summed E-state index contributed by atoms with van der Waals surface area (Å²) in [4.78, 5) is 34.6. The highest BCUT2D eigenvalue weighted by atomic mass is 35.5. The molecule has 2 aliphatic heterocycles. The molecule has 1 amide bonds. The summed E-state index contributed by atoms with van der Waals surface area (Å²) in [5, 5.41) is 5.88. The lowest BCUT2D eigenvalue weighted by Crippen LogP contribution is -2.36. The Morgan fingerprint density at radius 2 is 1.94 bits per heavy atom. The molecule has 2 N–H and O–H groups in total. The lowest BCUT2D eigenvalue weighted by Gasteiger charge is -2.31. The molecule has 3 heterocycles. The van der Waals surface area contributed by atoms with E-state index >= 15 is 0 Å². The molecule has 4 rings (SSSR count). The quantitative estimate of drug-likeness (QED) is 0.540. The van der Waals surface area contributed by atoms with E-state index in [0.717, 1.165) is 17.1 Å². The number of benzene rings is 1. The van der Waals surface area contributed by atoms with E-state index in [1.807, 2.05) is 17.0 Å². The number of ketones is 1. The Morgan fingerprint density at radius 1 is 1.19 bits per heavy atom. The van der Waals surface area contributed by atoms with E-state index in [1.54, 1.807) is 26.4 Å². The number of nitrogens with one attached hydrogen (secondary N) is 2. The van der Waals surface area contributed by atoms with Gasteiger partial charge in [0.05, 0.1) is 26.5 Å². The number of halogens is 1. The fourth-order valence-corrected chi connectivity index (χ4v) is 3.40. The molecule has 2 aromatic rings. The van der Waals surface area contributed by atoms with Gasteiger partial charge in [0, 0.05) is 42.9 Å². The minimum atomic E-state index is -0.221. The molecule has 0 atom stereocenters. The summed E-state index contributed by atoms with van der Waals surface area (Å²) >= 11 is 0. The number of carbonyl (C=O) groups is 2. The van der Waals surface area contributed by atoms with Gasteiger partial charge < -0.3 is 25.0 Å². The molecule has 2 aliphatic rings. The van der Waals surface area contributed by atoms with Gasteiger partial charge in [-0.05, 0) is 18.2 Å². The van der Waals surface area contributed by atoms with Gasteiger partial charge in [-0.2, -0.15) is 0 Å². The molecule has 0 spiro atoms. The minimum Gasteiger partial charge on any atom is -0.493 e. The highest BCUT2D eigenvalue weighted by molar-refractivity contribution is 6.10. The van der Waals surface area contributed by atoms with Crippen LogP contribution in [-0.2, 0) is 4.79 Å². The van der Waals surface area contributed by atoms with E-state index in [4.69, 9.17) is 9.47 Å². The van der Waals surface area contributed by atoms with E-state index in [9.17, 15) is 9.59 Å². The van der Waals surface area contributed by atoms with Gasteiger partial charge in [0.25, 0.3) is 0 Å². The Hall–Kier alpha value is -3.59. The molecule has 0 radical (unpaired) electrons. The third kappa shape index (κ3) is 4.31. The molecule has 9 nitrogen and oxygen atoms in total. The summed E-state index contributed by atoms with van der Waals surface area (Å²) in [7, 11) is 3.16. The number of hydrogen-bond donors (Lipinski definition) is 2. The number of aromatic nitrogens is 1. The molecule has 0 unspecified atom stereocenters. The number of aliphatic imine (C=N–C) groups is 1. The molecular formula is C21H22ClN5O4. The highest BCUT2D eigenvalue weighted by Gasteiger charge is 2.31. The highest BCUT2D eigenvalue weighted by Crippen LogP contribution is 2.38. The Kier molecular flexibility index (Phi) is 6.45. The molecule has 31 heavy (non-hydrogen) atoms. The number of fused-ring (bicyclic) bond motifs is 3. The van der Waals surface area contributed by atoms with Crippen LogP contribution in [0.3, 0.4) is 0 Å². The molecule has 1 aromatic carbocycles. The fraction of sp³-hybridized carbons (Fsp3) is 0.238. The van der Waals surface area contributed by atoms with Crippen molar-refractivity contribution in [2.24, 2.45) is 4.99 Å². The standard InChI is InChI=1S/C21H21N5O4.ClH/c1-12(27)24-19-5-4-13(11-23-19)16(28)10-20-25-15-9-18(30-3)17(29-2)8-14(15)21-22-6-7-26(20)21;/h4-5,8-11,25H,6-7H2,1-3H3,(H,23,24,27);1H. The Bertz CT molecular complexity index is 1080. The molecule has 162 valence electrons. The van der Waals surface area contributed by atoms with Gasteiger partial charge in [-0.15, -0.1) is 12.4 Å². The predicted molar refractivity (Wildman–Crippen MR) is 119 cm³/mol. The number of ether oxygens (including phenoxy) is 2. The van der Waals surface area contributed by atoms with Crippen LogP contribution in [0.15, 0.2) is 47.4 Å². The molecule has 0 saturated carbocycles. The zero-order chi connectivity index (χ0) is 21.3. The summed E-state index contributed by atoms with van der Waals surface area (Å²) < 4.78 is 10.8. The Balaban J connectivity index is 0.00000272. The van der Waals surface area contributed by atoms with Crippen molar-refractivity contribution in [2.75, 3.05) is 37.9 Å². The van der Waals surface area contributed by atoms with Crippen molar-refractivity contribution in [3.63, 3.8) is 0 Å². The van der Waals surface area contributed by atoms with Crippen molar-refractivity contribution in [1.29, 1.82) is 0 Å². The summed E-state index contributed by atoms with van der Waals surface area (Å²) in [6.45, 7) is 2.69. The number of methoxy groups -OCH3 is 2. The van der Waals surface area contributed by atoms with Crippen LogP contribution in [0.25, 0.3) is 0 Å². The first kappa shape index (κ1) is 22.1. The second-order valence-corrected chi connectivity index (χ2v) is 6.74. The average Bonchev–Trinajstić information content (AvgIpc) is 3.23. The van der Waals surface area contributed by atoms with Gasteiger partial charge in [0.15, 0.2) is 17.3 Å². The number of hydrogen-bond acceptors (Lipinski definition) is 8. The van der Waals surface area contributed by atoms with Crippen LogP contribution in [0.1, 0.15) is 22.8 Å². The van der Waals surface area contributed by atoms with Crippen molar-refractivity contribution < 1.29 is 19.1 Å². The minimum absolute atomic E-state index is 0. The maximum atomic E-state index is 12.8. The lowest BCUT2D eigenvalue weighted by atomic mass is 10.1. The van der Waals surface area contributed by atoms with Crippen LogP contribution in [0.2, 0.25) is 0 Å². The molecular weight excluding hydrogens is 422 g/mol. The van der Waals surface area contributed by atoms with Gasteiger partial charge in [-0.25, -0.2) is 4.98 Å². The van der Waals surface area contributed by atoms with Crippen LogP contribution >= 0.6 is 12.4 Å². The van der Waals surface area contributed by atoms with E-state index in [1.165, 1.54) is 19.2 Å². The van der Waals surface area contributed by atoms with E-state index in [2.05, 4.69) is 20.6 Å². The number of pyridine rings is 1. The predicted octanol–water partition coefficient (Wildman–Crippen LogP) is 2.69. The van der Waals surface area contributed by atoms with Crippen molar-refractivity contribution in [3.8, 4) is 11.5 Å². The van der Waals surface area contributed by atoms with Crippen LogP contribution in [0.4, 0.5) is 11.5 Å². The molecule has 0 bridgehead atoms. The smallest absolute Gasteiger partial charge is 0.222 e. The summed E-state index contributed by atoms with van der Waals surface area (Å²) in [6, 6.07) is 6.92. The van der Waals surface area contributed by atoms with Crippen molar-refractivity contribution in [3.05, 3.63) is 53.5 Å². The normalized spacial score (nSPS) is 15.1. The first-order valence-electron chi connectivity index (χ1n) is 9.35. The largest absolute Gasteiger partial charge is 0.493 e. The molecule has 10 heteroatoms. The number of amides is 1. The van der Waals surface area contributed by atoms with Gasteiger partial charge >= 0.3 is 0 Å². The lowest BCUT2D eigenvalue weighted by molar-refractivity contribution is -0.114. The second-order valence-electron chi connectivity index (χ2n) is 6.74. The monoisotopic (exact) mass is 443 g/mol. The Morgan fingerprint density at radius 3 is 2.58 bits per heavy atom. The maximum Gasteiger partial charge on any atom is 0.222 e. The molecule has 1 aromatic heterocycles. The third-order valence-electron chi connectivity index (χ3n) is 4.78. The Labute approximate surface area is 185 Å². The summed E-state index contributed by atoms with van der Waals surface area (Å²) in [5.41, 5.74) is 2.08. The zero-order valence-corrected chi connectivity index (χ0v) is 18.1. The van der Waals surface area contributed by atoms with Crippen LogP contribution in [-0.4, -0.2) is 54.7 Å². The number of allylic oxidation sites excluding steroid dienone is 1. The van der Waals surface area contributed by atoms with E-state index in [0.29, 0.717) is 41.8 Å². The zero-order valence-electron chi connectivity index (χ0n) is 17.3. The number of nitrogens with zero attached hydrogens (tertiary/aromatic N) is 3. The first-order valence-corrected chi connectivity index (χ1v) is 9.35. The number of rotatable bonds is 5. The summed E-state index contributed by atoms with van der Waals surface area (Å²) in [6.07, 6.45) is 2.96. The van der Waals surface area contributed by atoms with Crippen LogP contribution < -0.4 is 20.1 Å². The first-order chi connectivity index (χ1) is 14.5.